The van der Waals surface area contributed by atoms with Crippen LogP contribution in [0.5, 0.6) is 0 Å². The second-order valence-electron chi connectivity index (χ2n) is 2.62. The molecule has 1 aromatic carbocycles. The summed E-state index contributed by atoms with van der Waals surface area (Å²) in [5.41, 5.74) is 1.14. The molecule has 0 spiro atoms. The monoisotopic (exact) mass is 179 g/mol. The standard InChI is InChI=1S/C9H9NO3/c1-2-8-5-7(6-11)3-4-9(8)10(12)13/h3-6H,2H2,1H3. The minimum atomic E-state index is -0.437. The maximum atomic E-state index is 10.5. The van der Waals surface area contributed by atoms with Gasteiger partial charge in [0.2, 0.25) is 0 Å². The van der Waals surface area contributed by atoms with E-state index in [4.69, 9.17) is 0 Å². The van der Waals surface area contributed by atoms with Gasteiger partial charge >= 0.3 is 0 Å². The number of aldehydes is 1. The number of rotatable bonds is 3. The summed E-state index contributed by atoms with van der Waals surface area (Å²) in [4.78, 5) is 20.4. The predicted molar refractivity (Wildman–Crippen MR) is 47.9 cm³/mol. The minimum Gasteiger partial charge on any atom is -0.298 e. The van der Waals surface area contributed by atoms with Crippen LogP contribution in [0.15, 0.2) is 18.2 Å². The van der Waals surface area contributed by atoms with Gasteiger partial charge in [0.15, 0.2) is 0 Å². The molecule has 0 aliphatic rings. The summed E-state index contributed by atoms with van der Waals surface area (Å²) in [6.45, 7) is 1.82. The van der Waals surface area contributed by atoms with Gasteiger partial charge in [0.1, 0.15) is 6.29 Å². The third kappa shape index (κ3) is 1.90. The Hall–Kier alpha value is -1.71. The maximum absolute atomic E-state index is 10.5. The van der Waals surface area contributed by atoms with Crippen molar-refractivity contribution in [2.24, 2.45) is 0 Å². The summed E-state index contributed by atoms with van der Waals surface area (Å²) in [7, 11) is 0. The number of hydrogen-bond acceptors (Lipinski definition) is 3. The van der Waals surface area contributed by atoms with Crippen LogP contribution in [0.3, 0.4) is 0 Å². The molecule has 0 fully saturated rings. The van der Waals surface area contributed by atoms with E-state index in [1.165, 1.54) is 12.1 Å². The van der Waals surface area contributed by atoms with Crippen LogP contribution in [-0.2, 0) is 6.42 Å². The average Bonchev–Trinajstić information content (AvgIpc) is 2.16. The number of carbonyl (C=O) groups is 1. The number of carbonyl (C=O) groups excluding carboxylic acids is 1. The number of hydrogen-bond donors (Lipinski definition) is 0. The van der Waals surface area contributed by atoms with E-state index in [-0.39, 0.29) is 5.69 Å². The lowest BCUT2D eigenvalue weighted by molar-refractivity contribution is -0.385. The Bertz CT molecular complexity index is 347. The Morgan fingerprint density at radius 2 is 2.23 bits per heavy atom. The van der Waals surface area contributed by atoms with E-state index in [1.54, 1.807) is 6.07 Å². The molecule has 68 valence electrons. The molecule has 0 N–H and O–H groups in total. The molecule has 4 heteroatoms. The van der Waals surface area contributed by atoms with Crippen LogP contribution < -0.4 is 0 Å². The zero-order valence-electron chi connectivity index (χ0n) is 7.19. The number of nitro benzene ring substituents is 1. The smallest absolute Gasteiger partial charge is 0.272 e. The third-order valence-corrected chi connectivity index (χ3v) is 1.82. The SMILES string of the molecule is CCc1cc(C=O)ccc1[N+](=O)[O-]. The maximum Gasteiger partial charge on any atom is 0.272 e. The van der Waals surface area contributed by atoms with Gasteiger partial charge in [-0.1, -0.05) is 6.92 Å². The molecule has 0 aromatic heterocycles. The van der Waals surface area contributed by atoms with Crippen molar-refractivity contribution in [2.45, 2.75) is 13.3 Å². The van der Waals surface area contributed by atoms with E-state index in [9.17, 15) is 14.9 Å². The van der Waals surface area contributed by atoms with Crippen molar-refractivity contribution >= 4 is 12.0 Å². The molecule has 1 aromatic rings. The Morgan fingerprint density at radius 3 is 2.69 bits per heavy atom. The zero-order valence-corrected chi connectivity index (χ0v) is 7.19. The summed E-state index contributed by atoms with van der Waals surface area (Å²) >= 11 is 0. The Labute approximate surface area is 75.3 Å². The van der Waals surface area contributed by atoms with Crippen molar-refractivity contribution in [1.29, 1.82) is 0 Å². The number of benzene rings is 1. The van der Waals surface area contributed by atoms with E-state index in [0.29, 0.717) is 23.8 Å². The fraction of sp³-hybridized carbons (Fsp3) is 0.222. The number of nitrogens with zero attached hydrogens (tertiary/aromatic N) is 1. The predicted octanol–water partition coefficient (Wildman–Crippen LogP) is 1.97. The van der Waals surface area contributed by atoms with Crippen LogP contribution in [0.4, 0.5) is 5.69 Å². The molecule has 0 saturated heterocycles. The van der Waals surface area contributed by atoms with Gasteiger partial charge in [-0.2, -0.15) is 0 Å². The fourth-order valence-electron chi connectivity index (χ4n) is 1.14. The van der Waals surface area contributed by atoms with E-state index >= 15 is 0 Å². The first-order valence-corrected chi connectivity index (χ1v) is 3.91. The molecule has 0 aliphatic carbocycles. The third-order valence-electron chi connectivity index (χ3n) is 1.82. The molecule has 1 rings (SSSR count). The highest BCUT2D eigenvalue weighted by Crippen LogP contribution is 2.19. The van der Waals surface area contributed by atoms with Gasteiger partial charge in [-0.15, -0.1) is 0 Å². The Balaban J connectivity index is 3.23. The first-order valence-electron chi connectivity index (χ1n) is 3.91. The lowest BCUT2D eigenvalue weighted by Gasteiger charge is -1.99. The number of nitro groups is 1. The molecular weight excluding hydrogens is 170 g/mol. The summed E-state index contributed by atoms with van der Waals surface area (Å²) < 4.78 is 0. The van der Waals surface area contributed by atoms with Gasteiger partial charge in [-0.05, 0) is 18.6 Å². The van der Waals surface area contributed by atoms with E-state index < -0.39 is 4.92 Å². The van der Waals surface area contributed by atoms with Crippen LogP contribution in [-0.4, -0.2) is 11.2 Å². The molecule has 13 heavy (non-hydrogen) atoms. The molecule has 0 unspecified atom stereocenters. The summed E-state index contributed by atoms with van der Waals surface area (Å²) in [5.74, 6) is 0. The van der Waals surface area contributed by atoms with Crippen molar-refractivity contribution in [3.05, 3.63) is 39.4 Å². The second kappa shape index (κ2) is 3.80. The highest BCUT2D eigenvalue weighted by Gasteiger charge is 2.11. The molecule has 4 nitrogen and oxygen atoms in total. The largest absolute Gasteiger partial charge is 0.298 e. The van der Waals surface area contributed by atoms with Crippen molar-refractivity contribution < 1.29 is 9.72 Å². The quantitative estimate of drug-likeness (QED) is 0.405. The van der Waals surface area contributed by atoms with Crippen molar-refractivity contribution in [3.63, 3.8) is 0 Å². The van der Waals surface area contributed by atoms with Gasteiger partial charge in [0.25, 0.3) is 5.69 Å². The summed E-state index contributed by atoms with van der Waals surface area (Å²) in [5, 5.41) is 10.5. The van der Waals surface area contributed by atoms with Crippen LogP contribution >= 0.6 is 0 Å². The lowest BCUT2D eigenvalue weighted by atomic mass is 10.1. The highest BCUT2D eigenvalue weighted by atomic mass is 16.6. The number of aryl methyl sites for hydroxylation is 1. The van der Waals surface area contributed by atoms with Crippen LogP contribution in [0, 0.1) is 10.1 Å². The highest BCUT2D eigenvalue weighted by molar-refractivity contribution is 5.76. The molecule has 0 amide bonds. The van der Waals surface area contributed by atoms with Crippen molar-refractivity contribution in [1.82, 2.24) is 0 Å². The molecule has 0 saturated carbocycles. The van der Waals surface area contributed by atoms with Gasteiger partial charge in [-0.3, -0.25) is 14.9 Å². The minimum absolute atomic E-state index is 0.0769. The molecular formula is C9H9NO3. The lowest BCUT2D eigenvalue weighted by Crippen LogP contribution is -1.95. The Kier molecular flexibility index (Phi) is 2.74. The first kappa shape index (κ1) is 9.38. The Morgan fingerprint density at radius 1 is 1.54 bits per heavy atom. The van der Waals surface area contributed by atoms with Gasteiger partial charge < -0.3 is 0 Å². The van der Waals surface area contributed by atoms with Crippen LogP contribution in [0.25, 0.3) is 0 Å². The van der Waals surface area contributed by atoms with Gasteiger partial charge in [0.05, 0.1) is 4.92 Å². The molecule has 0 aliphatic heterocycles. The van der Waals surface area contributed by atoms with E-state index in [0.717, 1.165) is 0 Å². The summed E-state index contributed by atoms with van der Waals surface area (Å²) in [6.07, 6.45) is 1.24. The zero-order chi connectivity index (χ0) is 9.84. The van der Waals surface area contributed by atoms with E-state index in [2.05, 4.69) is 0 Å². The first-order chi connectivity index (χ1) is 6.19. The van der Waals surface area contributed by atoms with Gasteiger partial charge in [0, 0.05) is 17.2 Å². The van der Waals surface area contributed by atoms with E-state index in [1.807, 2.05) is 6.92 Å². The summed E-state index contributed by atoms with van der Waals surface area (Å²) in [6, 6.07) is 4.36. The molecule has 0 radical (unpaired) electrons. The second-order valence-corrected chi connectivity index (χ2v) is 2.62. The van der Waals surface area contributed by atoms with Crippen molar-refractivity contribution in [3.8, 4) is 0 Å². The normalized spacial score (nSPS) is 9.62. The topological polar surface area (TPSA) is 60.2 Å². The molecule has 0 heterocycles. The van der Waals surface area contributed by atoms with Gasteiger partial charge in [-0.25, -0.2) is 0 Å². The molecule has 0 bridgehead atoms. The van der Waals surface area contributed by atoms with Crippen molar-refractivity contribution in [2.75, 3.05) is 0 Å². The average molecular weight is 179 g/mol. The molecule has 0 atom stereocenters. The van der Waals surface area contributed by atoms with Crippen LogP contribution in [0.1, 0.15) is 22.8 Å². The fourth-order valence-corrected chi connectivity index (χ4v) is 1.14. The van der Waals surface area contributed by atoms with Crippen LogP contribution in [0.2, 0.25) is 0 Å².